The smallest absolute Gasteiger partial charge is 0.302 e. The van der Waals surface area contributed by atoms with E-state index in [1.807, 2.05) is 6.92 Å². The molecule has 0 N–H and O–H groups in total. The molecule has 3 nitrogen and oxygen atoms in total. The van der Waals surface area contributed by atoms with E-state index in [0.717, 1.165) is 63.5 Å². The molecule has 1 aliphatic rings. The zero-order valence-corrected chi connectivity index (χ0v) is 25.2. The summed E-state index contributed by atoms with van der Waals surface area (Å²) in [6.07, 6.45) is 5.03. The molecule has 0 bridgehead atoms. The van der Waals surface area contributed by atoms with Crippen molar-refractivity contribution in [1.82, 2.24) is 4.98 Å². The summed E-state index contributed by atoms with van der Waals surface area (Å²) in [6, 6.07) is 3.32. The summed E-state index contributed by atoms with van der Waals surface area (Å²) in [4.78, 5) is 3.64. The lowest BCUT2D eigenvalue weighted by molar-refractivity contribution is -0.160. The molecule has 0 amide bonds. The number of aromatic nitrogens is 1. The maximum absolute atomic E-state index is 15.3. The van der Waals surface area contributed by atoms with Gasteiger partial charge in [-0.05, 0) is 49.4 Å². The highest BCUT2D eigenvalue weighted by molar-refractivity contribution is 5.63. The molecular formula is C33H44F7NO2. The Morgan fingerprint density at radius 2 is 1.44 bits per heavy atom. The molecule has 1 aliphatic carbocycles. The second-order valence-corrected chi connectivity index (χ2v) is 11.5. The maximum atomic E-state index is 15.3. The Morgan fingerprint density at radius 3 is 2.09 bits per heavy atom. The minimum Gasteiger partial charge on any atom is -0.486 e. The van der Waals surface area contributed by atoms with Crippen LogP contribution >= 0.6 is 0 Å². The zero-order chi connectivity index (χ0) is 31.4. The van der Waals surface area contributed by atoms with Gasteiger partial charge in [0.05, 0.1) is 17.9 Å². The van der Waals surface area contributed by atoms with Gasteiger partial charge in [-0.25, -0.2) is 22.5 Å². The maximum Gasteiger partial charge on any atom is 0.302 e. The van der Waals surface area contributed by atoms with Crippen LogP contribution in [-0.4, -0.2) is 36.6 Å². The summed E-state index contributed by atoms with van der Waals surface area (Å²) >= 11 is 0. The third kappa shape index (κ3) is 9.82. The summed E-state index contributed by atoms with van der Waals surface area (Å²) in [5.41, 5.74) is -2.10. The molecule has 0 spiro atoms. The van der Waals surface area contributed by atoms with E-state index in [2.05, 4.69) is 11.9 Å². The molecule has 0 radical (unpaired) electrons. The van der Waals surface area contributed by atoms with Crippen LogP contribution in [0.5, 0.6) is 5.75 Å². The Bertz CT molecular complexity index is 1150. The predicted octanol–water partition coefficient (Wildman–Crippen LogP) is 10.4. The number of fused-ring (bicyclic) bond motifs is 1. The first kappa shape index (κ1) is 35.1. The Kier molecular flexibility index (Phi) is 14.1. The lowest BCUT2D eigenvalue weighted by atomic mass is 9.84. The van der Waals surface area contributed by atoms with Gasteiger partial charge in [-0.3, -0.25) is 0 Å². The van der Waals surface area contributed by atoms with E-state index in [1.54, 1.807) is 0 Å². The van der Waals surface area contributed by atoms with E-state index < -0.39 is 59.7 Å². The SMILES string of the molecule is CCCCCCCCC(F)COc1ccc(-c2cc3c(c(F)c2F)C(F)(F)C(OCC(F)CCCCCC)CC3)nc1F. The second kappa shape index (κ2) is 17.2. The molecule has 0 fully saturated rings. The molecule has 1 heterocycles. The quantitative estimate of drug-likeness (QED) is 0.0891. The van der Waals surface area contributed by atoms with Crippen molar-refractivity contribution in [3.63, 3.8) is 0 Å². The highest BCUT2D eigenvalue weighted by Crippen LogP contribution is 2.45. The van der Waals surface area contributed by atoms with Crippen molar-refractivity contribution < 1.29 is 40.2 Å². The Labute approximate surface area is 250 Å². The number of halogens is 7. The molecule has 2 aromatic rings. The summed E-state index contributed by atoms with van der Waals surface area (Å²) in [7, 11) is 0. The van der Waals surface area contributed by atoms with Crippen molar-refractivity contribution in [1.29, 1.82) is 0 Å². The molecule has 10 heteroatoms. The fourth-order valence-electron chi connectivity index (χ4n) is 5.42. The summed E-state index contributed by atoms with van der Waals surface area (Å²) in [5, 5.41) is 0. The Morgan fingerprint density at radius 1 is 0.837 bits per heavy atom. The van der Waals surface area contributed by atoms with Gasteiger partial charge in [0.2, 0.25) is 0 Å². The van der Waals surface area contributed by atoms with Crippen molar-refractivity contribution >= 4 is 0 Å². The van der Waals surface area contributed by atoms with Crippen LogP contribution in [-0.2, 0) is 17.1 Å². The first-order valence-electron chi connectivity index (χ1n) is 15.7. The topological polar surface area (TPSA) is 31.4 Å². The lowest BCUT2D eigenvalue weighted by Crippen LogP contribution is -2.40. The Balaban J connectivity index is 1.63. The number of ether oxygens (including phenoxy) is 2. The second-order valence-electron chi connectivity index (χ2n) is 11.5. The number of nitrogens with zero attached hydrogens (tertiary/aromatic N) is 1. The molecule has 3 atom stereocenters. The molecular weight excluding hydrogens is 575 g/mol. The highest BCUT2D eigenvalue weighted by Gasteiger charge is 2.50. The average molecular weight is 620 g/mol. The minimum atomic E-state index is -3.90. The van der Waals surface area contributed by atoms with E-state index in [1.165, 1.54) is 6.07 Å². The molecule has 242 valence electrons. The summed E-state index contributed by atoms with van der Waals surface area (Å²) in [6.45, 7) is 3.20. The molecule has 1 aromatic heterocycles. The normalized spacial score (nSPS) is 17.5. The van der Waals surface area contributed by atoms with Crippen molar-refractivity contribution in [2.24, 2.45) is 0 Å². The highest BCUT2D eigenvalue weighted by atomic mass is 19.3. The molecule has 43 heavy (non-hydrogen) atoms. The number of pyridine rings is 1. The molecule has 3 rings (SSSR count). The summed E-state index contributed by atoms with van der Waals surface area (Å²) < 4.78 is 114. The van der Waals surface area contributed by atoms with Gasteiger partial charge in [0, 0.05) is 5.56 Å². The lowest BCUT2D eigenvalue weighted by Gasteiger charge is -2.34. The fraction of sp³-hybridized carbons (Fsp3) is 0.667. The van der Waals surface area contributed by atoms with Gasteiger partial charge in [-0.1, -0.05) is 78.1 Å². The number of alkyl halides is 4. The number of aryl methyl sites for hydroxylation is 1. The van der Waals surface area contributed by atoms with E-state index in [9.17, 15) is 13.2 Å². The van der Waals surface area contributed by atoms with Crippen LogP contribution in [0.3, 0.4) is 0 Å². The number of hydrogen-bond acceptors (Lipinski definition) is 3. The van der Waals surface area contributed by atoms with Crippen LogP contribution in [0.25, 0.3) is 11.3 Å². The van der Waals surface area contributed by atoms with Crippen LogP contribution in [0.2, 0.25) is 0 Å². The number of hydrogen-bond donors (Lipinski definition) is 0. The van der Waals surface area contributed by atoms with Gasteiger partial charge in [-0.2, -0.15) is 13.2 Å². The van der Waals surface area contributed by atoms with Gasteiger partial charge in [0.25, 0.3) is 5.95 Å². The summed E-state index contributed by atoms with van der Waals surface area (Å²) in [5.74, 6) is -8.79. The van der Waals surface area contributed by atoms with Crippen LogP contribution in [0, 0.1) is 17.6 Å². The molecule has 3 unspecified atom stereocenters. The van der Waals surface area contributed by atoms with Crippen LogP contribution in [0.15, 0.2) is 18.2 Å². The predicted molar refractivity (Wildman–Crippen MR) is 154 cm³/mol. The van der Waals surface area contributed by atoms with E-state index in [0.29, 0.717) is 12.8 Å². The minimum absolute atomic E-state index is 0.0760. The third-order valence-electron chi connectivity index (χ3n) is 7.93. The Hall–Kier alpha value is -2.36. The number of unbranched alkanes of at least 4 members (excludes halogenated alkanes) is 8. The van der Waals surface area contributed by atoms with Crippen LogP contribution in [0.1, 0.15) is 108 Å². The van der Waals surface area contributed by atoms with Crippen LogP contribution in [0.4, 0.5) is 30.7 Å². The molecule has 0 saturated heterocycles. The van der Waals surface area contributed by atoms with Gasteiger partial charge < -0.3 is 9.47 Å². The van der Waals surface area contributed by atoms with Crippen molar-refractivity contribution in [2.45, 2.75) is 128 Å². The molecule has 1 aromatic carbocycles. The van der Waals surface area contributed by atoms with Gasteiger partial charge in [0.1, 0.15) is 25.1 Å². The first-order chi connectivity index (χ1) is 20.6. The first-order valence-corrected chi connectivity index (χ1v) is 15.7. The third-order valence-corrected chi connectivity index (χ3v) is 7.93. The molecule has 0 aliphatic heterocycles. The largest absolute Gasteiger partial charge is 0.486 e. The number of rotatable bonds is 19. The zero-order valence-electron chi connectivity index (χ0n) is 25.2. The van der Waals surface area contributed by atoms with Crippen molar-refractivity contribution in [2.75, 3.05) is 13.2 Å². The van der Waals surface area contributed by atoms with Gasteiger partial charge >= 0.3 is 5.92 Å². The van der Waals surface area contributed by atoms with Crippen LogP contribution < -0.4 is 4.74 Å². The standard InChI is InChI=1S/C33H44F7NO2/c1-3-5-7-9-10-12-14-23(34)20-42-27-17-16-26(41-32(27)38)25-19-22-15-18-28(33(39,40)29(22)31(37)30(25)36)43-21-24(35)13-11-8-6-4-2/h16-17,19,23-24,28H,3-15,18,20-21H2,1-2H3. The monoisotopic (exact) mass is 619 g/mol. The average Bonchev–Trinajstić information content (AvgIpc) is 2.97. The van der Waals surface area contributed by atoms with Gasteiger partial charge in [0.15, 0.2) is 17.4 Å². The number of benzene rings is 1. The van der Waals surface area contributed by atoms with E-state index in [-0.39, 0.29) is 49.3 Å². The van der Waals surface area contributed by atoms with E-state index in [4.69, 9.17) is 9.47 Å². The van der Waals surface area contributed by atoms with Gasteiger partial charge in [-0.15, -0.1) is 0 Å². The fourth-order valence-corrected chi connectivity index (χ4v) is 5.42. The van der Waals surface area contributed by atoms with E-state index >= 15 is 17.6 Å². The molecule has 0 saturated carbocycles. The van der Waals surface area contributed by atoms with Crippen molar-refractivity contribution in [3.8, 4) is 17.0 Å². The van der Waals surface area contributed by atoms with Crippen molar-refractivity contribution in [3.05, 3.63) is 46.9 Å².